The number of alkyl halides is 1. The van der Waals surface area contributed by atoms with Gasteiger partial charge < -0.3 is 4.74 Å². The van der Waals surface area contributed by atoms with Gasteiger partial charge in [0.1, 0.15) is 5.75 Å². The van der Waals surface area contributed by atoms with Crippen molar-refractivity contribution in [1.29, 1.82) is 0 Å². The van der Waals surface area contributed by atoms with Gasteiger partial charge in [-0.3, -0.25) is 0 Å². The molecule has 15 heavy (non-hydrogen) atoms. The van der Waals surface area contributed by atoms with Gasteiger partial charge in [-0.1, -0.05) is 15.9 Å². The molecule has 0 aliphatic rings. The predicted molar refractivity (Wildman–Crippen MR) is 61.9 cm³/mol. The van der Waals surface area contributed by atoms with E-state index in [9.17, 15) is 8.42 Å². The topological polar surface area (TPSA) is 69.4 Å². The number of rotatable bonds is 4. The van der Waals surface area contributed by atoms with E-state index in [1.54, 1.807) is 12.1 Å². The van der Waals surface area contributed by atoms with Gasteiger partial charge in [-0.25, -0.2) is 13.6 Å². The summed E-state index contributed by atoms with van der Waals surface area (Å²) in [5.41, 5.74) is 0.661. The van der Waals surface area contributed by atoms with Gasteiger partial charge in [0.05, 0.1) is 12.0 Å². The molecule has 2 N–H and O–H groups in total. The number of primary sulfonamides is 1. The Morgan fingerprint density at radius 1 is 1.47 bits per heavy atom. The van der Waals surface area contributed by atoms with E-state index >= 15 is 0 Å². The van der Waals surface area contributed by atoms with Crippen LogP contribution in [0, 0.1) is 0 Å². The predicted octanol–water partition coefficient (Wildman–Crippen LogP) is 1.28. The van der Waals surface area contributed by atoms with E-state index in [1.807, 2.05) is 0 Å². The second kappa shape index (κ2) is 4.96. The first kappa shape index (κ1) is 12.5. The van der Waals surface area contributed by atoms with Crippen molar-refractivity contribution < 1.29 is 13.2 Å². The van der Waals surface area contributed by atoms with Crippen LogP contribution in [0.25, 0.3) is 0 Å². The van der Waals surface area contributed by atoms with Crippen LogP contribution in [-0.2, 0) is 16.4 Å². The SMILES string of the molecule is COc1ccc(S(N)(=O)=O)c(CCBr)c1. The fraction of sp³-hybridized carbons (Fsp3) is 0.333. The molecule has 0 fully saturated rings. The van der Waals surface area contributed by atoms with Crippen molar-refractivity contribution in [3.05, 3.63) is 23.8 Å². The van der Waals surface area contributed by atoms with E-state index in [4.69, 9.17) is 9.88 Å². The number of halogens is 1. The van der Waals surface area contributed by atoms with E-state index in [0.29, 0.717) is 23.1 Å². The Hall–Kier alpha value is -0.590. The molecule has 0 saturated carbocycles. The van der Waals surface area contributed by atoms with Gasteiger partial charge in [0.25, 0.3) is 0 Å². The molecule has 0 aliphatic heterocycles. The number of hydrogen-bond donors (Lipinski definition) is 1. The molecule has 0 aromatic heterocycles. The number of methoxy groups -OCH3 is 1. The Kier molecular flexibility index (Phi) is 4.12. The van der Waals surface area contributed by atoms with Crippen molar-refractivity contribution in [2.75, 3.05) is 12.4 Å². The zero-order chi connectivity index (χ0) is 11.5. The van der Waals surface area contributed by atoms with Crippen molar-refractivity contribution >= 4 is 26.0 Å². The maximum absolute atomic E-state index is 11.2. The van der Waals surface area contributed by atoms with Crippen LogP contribution in [0.4, 0.5) is 0 Å². The first-order valence-electron chi connectivity index (χ1n) is 4.24. The summed E-state index contributed by atoms with van der Waals surface area (Å²) in [7, 11) is -2.13. The molecule has 84 valence electrons. The number of ether oxygens (including phenoxy) is 1. The van der Waals surface area contributed by atoms with Crippen molar-refractivity contribution in [3.8, 4) is 5.75 Å². The number of benzene rings is 1. The minimum atomic E-state index is -3.66. The molecule has 0 radical (unpaired) electrons. The van der Waals surface area contributed by atoms with Crippen LogP contribution in [0.15, 0.2) is 23.1 Å². The largest absolute Gasteiger partial charge is 0.497 e. The van der Waals surface area contributed by atoms with E-state index < -0.39 is 10.0 Å². The summed E-state index contributed by atoms with van der Waals surface area (Å²) >= 11 is 3.26. The number of aryl methyl sites for hydroxylation is 1. The van der Waals surface area contributed by atoms with Gasteiger partial charge in [0, 0.05) is 5.33 Å². The summed E-state index contributed by atoms with van der Waals surface area (Å²) in [5.74, 6) is 0.623. The van der Waals surface area contributed by atoms with Gasteiger partial charge in [-0.15, -0.1) is 0 Å². The van der Waals surface area contributed by atoms with E-state index in [-0.39, 0.29) is 4.90 Å². The van der Waals surface area contributed by atoms with E-state index in [0.717, 1.165) is 0 Å². The van der Waals surface area contributed by atoms with E-state index in [2.05, 4.69) is 15.9 Å². The molecular weight excluding hydrogens is 282 g/mol. The lowest BCUT2D eigenvalue weighted by Gasteiger charge is -2.08. The number of sulfonamides is 1. The third-order valence-electron chi connectivity index (χ3n) is 1.94. The van der Waals surface area contributed by atoms with Crippen LogP contribution >= 0.6 is 15.9 Å². The smallest absolute Gasteiger partial charge is 0.238 e. The van der Waals surface area contributed by atoms with Crippen molar-refractivity contribution in [2.45, 2.75) is 11.3 Å². The molecule has 0 saturated heterocycles. The molecule has 0 heterocycles. The molecule has 0 unspecified atom stereocenters. The first-order chi connectivity index (χ1) is 6.99. The quantitative estimate of drug-likeness (QED) is 0.850. The third kappa shape index (κ3) is 3.19. The van der Waals surface area contributed by atoms with Gasteiger partial charge in [0.2, 0.25) is 10.0 Å². The maximum Gasteiger partial charge on any atom is 0.238 e. The lowest BCUT2D eigenvalue weighted by Crippen LogP contribution is -2.14. The zero-order valence-corrected chi connectivity index (χ0v) is 10.6. The minimum Gasteiger partial charge on any atom is -0.497 e. The van der Waals surface area contributed by atoms with E-state index in [1.165, 1.54) is 13.2 Å². The average Bonchev–Trinajstić information content (AvgIpc) is 2.16. The van der Waals surface area contributed by atoms with Crippen molar-refractivity contribution in [2.24, 2.45) is 5.14 Å². The molecule has 1 rings (SSSR count). The molecular formula is C9H12BrNO3S. The first-order valence-corrected chi connectivity index (χ1v) is 6.91. The molecule has 0 atom stereocenters. The van der Waals surface area contributed by atoms with Gasteiger partial charge in [-0.05, 0) is 30.2 Å². The highest BCUT2D eigenvalue weighted by Crippen LogP contribution is 2.21. The Morgan fingerprint density at radius 3 is 2.60 bits per heavy atom. The third-order valence-corrected chi connectivity index (χ3v) is 3.35. The molecule has 0 amide bonds. The van der Waals surface area contributed by atoms with Crippen LogP contribution in [-0.4, -0.2) is 20.9 Å². The van der Waals surface area contributed by atoms with Gasteiger partial charge in [-0.2, -0.15) is 0 Å². The second-order valence-corrected chi connectivity index (χ2v) is 5.28. The highest BCUT2D eigenvalue weighted by molar-refractivity contribution is 9.09. The van der Waals surface area contributed by atoms with Crippen LogP contribution < -0.4 is 9.88 Å². The summed E-state index contributed by atoms with van der Waals surface area (Å²) in [6.45, 7) is 0. The van der Waals surface area contributed by atoms with Crippen molar-refractivity contribution in [3.63, 3.8) is 0 Å². The number of hydrogen-bond acceptors (Lipinski definition) is 3. The number of nitrogens with two attached hydrogens (primary N) is 1. The van der Waals surface area contributed by atoms with Crippen LogP contribution in [0.1, 0.15) is 5.56 Å². The summed E-state index contributed by atoms with van der Waals surface area (Å²) in [5, 5.41) is 5.76. The monoisotopic (exact) mass is 293 g/mol. The zero-order valence-electron chi connectivity index (χ0n) is 8.23. The fourth-order valence-electron chi connectivity index (χ4n) is 1.26. The Balaban J connectivity index is 3.27. The summed E-state index contributed by atoms with van der Waals surface area (Å²) < 4.78 is 27.5. The van der Waals surface area contributed by atoms with Crippen LogP contribution in [0.2, 0.25) is 0 Å². The molecule has 0 aliphatic carbocycles. The Morgan fingerprint density at radius 2 is 2.13 bits per heavy atom. The normalized spacial score (nSPS) is 11.4. The lowest BCUT2D eigenvalue weighted by atomic mass is 10.1. The molecule has 4 nitrogen and oxygen atoms in total. The Bertz CT molecular complexity index is 445. The minimum absolute atomic E-state index is 0.155. The molecule has 0 spiro atoms. The molecule has 0 bridgehead atoms. The van der Waals surface area contributed by atoms with Crippen LogP contribution in [0.5, 0.6) is 5.75 Å². The van der Waals surface area contributed by atoms with Crippen LogP contribution in [0.3, 0.4) is 0 Å². The average molecular weight is 294 g/mol. The second-order valence-electron chi connectivity index (χ2n) is 2.96. The summed E-state index contributed by atoms with van der Waals surface area (Å²) in [6, 6.07) is 4.73. The Labute approximate surface area is 97.6 Å². The molecule has 1 aromatic rings. The maximum atomic E-state index is 11.2. The standard InChI is InChI=1S/C9H12BrNO3S/c1-14-8-2-3-9(15(11,12)13)7(6-8)4-5-10/h2-3,6H,4-5H2,1H3,(H2,11,12,13). The van der Waals surface area contributed by atoms with Gasteiger partial charge in [0.15, 0.2) is 0 Å². The summed E-state index contributed by atoms with van der Waals surface area (Å²) in [6.07, 6.45) is 0.586. The van der Waals surface area contributed by atoms with Gasteiger partial charge >= 0.3 is 0 Å². The van der Waals surface area contributed by atoms with Crippen molar-refractivity contribution in [1.82, 2.24) is 0 Å². The molecule has 6 heteroatoms. The highest BCUT2D eigenvalue weighted by atomic mass is 79.9. The highest BCUT2D eigenvalue weighted by Gasteiger charge is 2.13. The fourth-order valence-corrected chi connectivity index (χ4v) is 2.47. The summed E-state index contributed by atoms with van der Waals surface area (Å²) in [4.78, 5) is 0.155. The lowest BCUT2D eigenvalue weighted by molar-refractivity contribution is 0.414. The molecule has 1 aromatic carbocycles.